The van der Waals surface area contributed by atoms with E-state index in [9.17, 15) is 9.59 Å². The fourth-order valence-corrected chi connectivity index (χ4v) is 2.49. The topological polar surface area (TPSA) is 69.2 Å². The first-order valence-corrected chi connectivity index (χ1v) is 6.84. The molecule has 0 N–H and O–H groups in total. The molecule has 0 fully saturated rings. The highest BCUT2D eigenvalue weighted by molar-refractivity contribution is 8.01. The smallest absolute Gasteiger partial charge is 0.319 e. The normalized spacial score (nSPS) is 11.2. The zero-order valence-corrected chi connectivity index (χ0v) is 11.6. The van der Waals surface area contributed by atoms with Gasteiger partial charge in [-0.15, -0.1) is 0 Å². The number of ketones is 1. The fourth-order valence-electron chi connectivity index (χ4n) is 0.960. The van der Waals surface area contributed by atoms with Gasteiger partial charge in [-0.1, -0.05) is 11.8 Å². The van der Waals surface area contributed by atoms with E-state index in [2.05, 4.69) is 9.36 Å². The Morgan fingerprint density at radius 1 is 1.53 bits per heavy atom. The Bertz CT molecular complexity index is 390. The van der Waals surface area contributed by atoms with Crippen LogP contribution in [-0.4, -0.2) is 33.5 Å². The van der Waals surface area contributed by atoms with Crippen LogP contribution in [0.3, 0.4) is 0 Å². The summed E-state index contributed by atoms with van der Waals surface area (Å²) in [6, 6.07) is 0. The van der Waals surface area contributed by atoms with Gasteiger partial charge in [0.25, 0.3) is 0 Å². The molecule has 0 saturated carbocycles. The lowest BCUT2D eigenvalue weighted by atomic mass is 9.89. The lowest BCUT2D eigenvalue weighted by molar-refractivity contribution is -0.157. The maximum absolute atomic E-state index is 11.9. The third kappa shape index (κ3) is 3.78. The summed E-state index contributed by atoms with van der Waals surface area (Å²) < 4.78 is 9.42. The average molecular weight is 274 g/mol. The number of Topliss-reactive ketones (excluding diaryl/α,β-unsaturated/α-hetero) is 1. The van der Waals surface area contributed by atoms with E-state index >= 15 is 0 Å². The third-order valence-electron chi connectivity index (χ3n) is 2.15. The average Bonchev–Trinajstić information content (AvgIpc) is 2.78. The van der Waals surface area contributed by atoms with Gasteiger partial charge in [0.15, 0.2) is 10.1 Å². The standard InChI is InChI=1S/C10H14N2O3S2/c1-4-15-8(14)10(2,3)7(13)5-16-9-11-6-12-17-9/h6H,4-5H2,1-3H3. The van der Waals surface area contributed by atoms with E-state index in [0.717, 1.165) is 4.34 Å². The molecule has 0 aromatic carbocycles. The molecule has 7 heteroatoms. The molecule has 0 aliphatic rings. The first-order valence-electron chi connectivity index (χ1n) is 5.08. The van der Waals surface area contributed by atoms with Crippen LogP contribution in [0.25, 0.3) is 0 Å². The Morgan fingerprint density at radius 2 is 2.24 bits per heavy atom. The predicted molar refractivity (Wildman–Crippen MR) is 66.1 cm³/mol. The first-order chi connectivity index (χ1) is 7.98. The van der Waals surface area contributed by atoms with Gasteiger partial charge in [0.2, 0.25) is 0 Å². The number of nitrogens with zero attached hydrogens (tertiary/aromatic N) is 2. The monoisotopic (exact) mass is 274 g/mol. The lowest BCUT2D eigenvalue weighted by Gasteiger charge is -2.20. The number of thioether (sulfide) groups is 1. The van der Waals surface area contributed by atoms with Crippen molar-refractivity contribution in [2.75, 3.05) is 12.4 Å². The van der Waals surface area contributed by atoms with Crippen molar-refractivity contribution in [2.24, 2.45) is 5.41 Å². The molecule has 1 rings (SSSR count). The summed E-state index contributed by atoms with van der Waals surface area (Å²) in [7, 11) is 0. The minimum absolute atomic E-state index is 0.170. The molecule has 17 heavy (non-hydrogen) atoms. The van der Waals surface area contributed by atoms with E-state index < -0.39 is 11.4 Å². The zero-order valence-electron chi connectivity index (χ0n) is 9.93. The van der Waals surface area contributed by atoms with Gasteiger partial charge in [0.05, 0.1) is 12.4 Å². The van der Waals surface area contributed by atoms with E-state index in [1.165, 1.54) is 29.6 Å². The summed E-state index contributed by atoms with van der Waals surface area (Å²) in [5.41, 5.74) is -1.10. The predicted octanol–water partition coefficient (Wildman–Crippen LogP) is 1.79. The van der Waals surface area contributed by atoms with Crippen LogP contribution in [0.15, 0.2) is 10.7 Å². The highest BCUT2D eigenvalue weighted by Crippen LogP contribution is 2.25. The van der Waals surface area contributed by atoms with E-state index in [0.29, 0.717) is 0 Å². The third-order valence-corrected chi connectivity index (χ3v) is 3.95. The molecule has 0 unspecified atom stereocenters. The van der Waals surface area contributed by atoms with Crippen molar-refractivity contribution in [1.29, 1.82) is 0 Å². The van der Waals surface area contributed by atoms with Gasteiger partial charge in [0, 0.05) is 0 Å². The second kappa shape index (κ2) is 6.11. The molecule has 0 aliphatic carbocycles. The Kier molecular flexibility index (Phi) is 5.07. The van der Waals surface area contributed by atoms with Gasteiger partial charge in [-0.2, -0.15) is 4.37 Å². The van der Waals surface area contributed by atoms with Crippen LogP contribution in [0.2, 0.25) is 0 Å². The summed E-state index contributed by atoms with van der Waals surface area (Å²) in [4.78, 5) is 27.5. The highest BCUT2D eigenvalue weighted by atomic mass is 32.2. The summed E-state index contributed by atoms with van der Waals surface area (Å²) in [6.07, 6.45) is 1.44. The van der Waals surface area contributed by atoms with E-state index in [-0.39, 0.29) is 18.1 Å². The quantitative estimate of drug-likeness (QED) is 0.447. The molecule has 94 valence electrons. The number of carbonyl (C=O) groups excluding carboxylic acids is 2. The van der Waals surface area contributed by atoms with E-state index in [1.807, 2.05) is 0 Å². The molecule has 1 heterocycles. The van der Waals surface area contributed by atoms with Crippen molar-refractivity contribution in [3.63, 3.8) is 0 Å². The fraction of sp³-hybridized carbons (Fsp3) is 0.600. The highest BCUT2D eigenvalue weighted by Gasteiger charge is 2.37. The van der Waals surface area contributed by atoms with Crippen LogP contribution >= 0.6 is 23.3 Å². The molecule has 0 radical (unpaired) electrons. The number of hydrogen-bond donors (Lipinski definition) is 0. The molecule has 1 aromatic heterocycles. The Morgan fingerprint density at radius 3 is 2.76 bits per heavy atom. The number of rotatable bonds is 6. The summed E-state index contributed by atoms with van der Waals surface area (Å²) in [6.45, 7) is 5.15. The minimum atomic E-state index is -1.10. The van der Waals surface area contributed by atoms with Gasteiger partial charge in [0.1, 0.15) is 11.7 Å². The van der Waals surface area contributed by atoms with Gasteiger partial charge < -0.3 is 4.74 Å². The van der Waals surface area contributed by atoms with Crippen LogP contribution < -0.4 is 0 Å². The van der Waals surface area contributed by atoms with Crippen molar-refractivity contribution < 1.29 is 14.3 Å². The number of ether oxygens (including phenoxy) is 1. The van der Waals surface area contributed by atoms with Crippen LogP contribution in [0, 0.1) is 5.41 Å². The van der Waals surface area contributed by atoms with Crippen LogP contribution in [0.4, 0.5) is 0 Å². The molecular formula is C10H14N2O3S2. The van der Waals surface area contributed by atoms with Crippen molar-refractivity contribution in [3.05, 3.63) is 6.33 Å². The van der Waals surface area contributed by atoms with Gasteiger partial charge in [-0.3, -0.25) is 9.59 Å². The molecule has 0 saturated heterocycles. The van der Waals surface area contributed by atoms with E-state index in [1.54, 1.807) is 20.8 Å². The maximum Gasteiger partial charge on any atom is 0.319 e. The summed E-state index contributed by atoms with van der Waals surface area (Å²) in [5.74, 6) is -0.458. The van der Waals surface area contributed by atoms with Crippen LogP contribution in [0.1, 0.15) is 20.8 Å². The number of esters is 1. The maximum atomic E-state index is 11.9. The van der Waals surface area contributed by atoms with Gasteiger partial charge in [-0.25, -0.2) is 4.98 Å². The molecule has 0 amide bonds. The number of aromatic nitrogens is 2. The Labute approximate surface area is 108 Å². The molecule has 0 atom stereocenters. The van der Waals surface area contributed by atoms with Gasteiger partial charge in [-0.05, 0) is 32.3 Å². The largest absolute Gasteiger partial charge is 0.465 e. The van der Waals surface area contributed by atoms with Crippen molar-refractivity contribution in [1.82, 2.24) is 9.36 Å². The van der Waals surface area contributed by atoms with Crippen LogP contribution in [-0.2, 0) is 14.3 Å². The second-order valence-electron chi connectivity index (χ2n) is 3.76. The molecular weight excluding hydrogens is 260 g/mol. The SMILES string of the molecule is CCOC(=O)C(C)(C)C(=O)CSc1ncns1. The minimum Gasteiger partial charge on any atom is -0.465 e. The second-order valence-corrected chi connectivity index (χ2v) is 5.77. The molecule has 0 bridgehead atoms. The number of hydrogen-bond acceptors (Lipinski definition) is 7. The lowest BCUT2D eigenvalue weighted by Crippen LogP contribution is -2.36. The molecule has 0 aliphatic heterocycles. The number of carbonyl (C=O) groups is 2. The molecule has 1 aromatic rings. The summed E-state index contributed by atoms with van der Waals surface area (Å²) in [5, 5.41) is 0. The van der Waals surface area contributed by atoms with Crippen molar-refractivity contribution >= 4 is 35.0 Å². The molecule has 5 nitrogen and oxygen atoms in total. The van der Waals surface area contributed by atoms with Crippen molar-refractivity contribution in [2.45, 2.75) is 25.1 Å². The zero-order chi connectivity index (χ0) is 12.9. The van der Waals surface area contributed by atoms with E-state index in [4.69, 9.17) is 4.74 Å². The van der Waals surface area contributed by atoms with Crippen LogP contribution in [0.5, 0.6) is 0 Å². The summed E-state index contributed by atoms with van der Waals surface area (Å²) >= 11 is 2.51. The molecule has 0 spiro atoms. The Balaban J connectivity index is 2.53. The Hall–Kier alpha value is -0.950. The van der Waals surface area contributed by atoms with Gasteiger partial charge >= 0.3 is 5.97 Å². The first kappa shape index (κ1) is 14.1. The van der Waals surface area contributed by atoms with Crippen molar-refractivity contribution in [3.8, 4) is 0 Å².